The number of hydrogen-bond donors (Lipinski definition) is 2. The normalized spacial score (nSPS) is 10.5. The van der Waals surface area contributed by atoms with Gasteiger partial charge < -0.3 is 15.2 Å². The third-order valence-corrected chi connectivity index (χ3v) is 3.07. The van der Waals surface area contributed by atoms with Crippen LogP contribution >= 0.6 is 15.9 Å². The van der Waals surface area contributed by atoms with Crippen LogP contribution < -0.4 is 10.1 Å². The van der Waals surface area contributed by atoms with E-state index in [2.05, 4.69) is 27.3 Å². The number of halogens is 1. The van der Waals surface area contributed by atoms with Gasteiger partial charge in [0, 0.05) is 11.1 Å². The van der Waals surface area contributed by atoms with Gasteiger partial charge >= 0.3 is 0 Å². The molecule has 0 spiro atoms. The summed E-state index contributed by atoms with van der Waals surface area (Å²) in [6, 6.07) is 6.05. The van der Waals surface area contributed by atoms with Gasteiger partial charge in [-0.1, -0.05) is 15.9 Å². The predicted octanol–water partition coefficient (Wildman–Crippen LogP) is 2.36. The third kappa shape index (κ3) is 5.52. The van der Waals surface area contributed by atoms with E-state index in [1.165, 1.54) is 5.56 Å². The van der Waals surface area contributed by atoms with E-state index in [-0.39, 0.29) is 6.61 Å². The van der Waals surface area contributed by atoms with Gasteiger partial charge in [0.15, 0.2) is 0 Å². The Bertz CT molecular complexity index is 331. The molecular weight excluding hydrogens is 282 g/mol. The maximum Gasteiger partial charge on any atom is 0.122 e. The van der Waals surface area contributed by atoms with E-state index < -0.39 is 0 Å². The first-order valence-electron chi connectivity index (χ1n) is 5.92. The maximum absolute atomic E-state index is 8.65. The van der Waals surface area contributed by atoms with Gasteiger partial charge in [-0.05, 0) is 56.1 Å². The van der Waals surface area contributed by atoms with Crippen LogP contribution in [-0.4, -0.2) is 31.9 Å². The van der Waals surface area contributed by atoms with Gasteiger partial charge in [-0.2, -0.15) is 0 Å². The Kier molecular flexibility index (Phi) is 7.24. The first kappa shape index (κ1) is 14.5. The number of benzene rings is 1. The molecule has 0 atom stereocenters. The van der Waals surface area contributed by atoms with Crippen LogP contribution in [0.3, 0.4) is 0 Å². The average molecular weight is 302 g/mol. The van der Waals surface area contributed by atoms with E-state index in [1.807, 2.05) is 12.1 Å². The lowest BCUT2D eigenvalue weighted by atomic mass is 10.1. The highest BCUT2D eigenvalue weighted by Gasteiger charge is 2.02. The number of aliphatic hydroxyl groups excluding tert-OH is 1. The molecule has 0 heterocycles. The first-order chi connectivity index (χ1) is 8.27. The Hall–Kier alpha value is -0.580. The summed E-state index contributed by atoms with van der Waals surface area (Å²) in [6.07, 6.45) is 2.83. The molecule has 1 rings (SSSR count). The Morgan fingerprint density at radius 1 is 1.29 bits per heavy atom. The van der Waals surface area contributed by atoms with Crippen LogP contribution in [0.25, 0.3) is 0 Å². The summed E-state index contributed by atoms with van der Waals surface area (Å²) in [5.41, 5.74) is 1.21. The highest BCUT2D eigenvalue weighted by molar-refractivity contribution is 9.10. The topological polar surface area (TPSA) is 41.5 Å². The molecule has 1 aromatic carbocycles. The van der Waals surface area contributed by atoms with Crippen molar-refractivity contribution in [3.63, 3.8) is 0 Å². The highest BCUT2D eigenvalue weighted by Crippen LogP contribution is 2.23. The second kappa shape index (κ2) is 8.50. The van der Waals surface area contributed by atoms with Gasteiger partial charge in [0.05, 0.1) is 7.11 Å². The van der Waals surface area contributed by atoms with Crippen LogP contribution in [0.1, 0.15) is 18.4 Å². The summed E-state index contributed by atoms with van der Waals surface area (Å²) in [5, 5.41) is 12.0. The van der Waals surface area contributed by atoms with Gasteiger partial charge in [-0.15, -0.1) is 0 Å². The molecule has 0 aliphatic carbocycles. The largest absolute Gasteiger partial charge is 0.496 e. The molecule has 3 nitrogen and oxygen atoms in total. The number of ether oxygens (including phenoxy) is 1. The second-order valence-electron chi connectivity index (χ2n) is 3.89. The molecule has 0 amide bonds. The molecule has 2 N–H and O–H groups in total. The summed E-state index contributed by atoms with van der Waals surface area (Å²) < 4.78 is 6.39. The average Bonchev–Trinajstić information content (AvgIpc) is 2.34. The summed E-state index contributed by atoms with van der Waals surface area (Å²) in [6.45, 7) is 2.16. The van der Waals surface area contributed by atoms with Crippen molar-refractivity contribution in [2.45, 2.75) is 19.3 Å². The molecule has 0 radical (unpaired) electrons. The fourth-order valence-corrected chi connectivity index (χ4v) is 2.06. The van der Waals surface area contributed by atoms with Crippen molar-refractivity contribution in [2.24, 2.45) is 0 Å². The monoisotopic (exact) mass is 301 g/mol. The Balaban J connectivity index is 2.32. The van der Waals surface area contributed by atoms with Crippen LogP contribution in [-0.2, 0) is 6.42 Å². The van der Waals surface area contributed by atoms with Crippen LogP contribution in [0, 0.1) is 0 Å². The zero-order chi connectivity index (χ0) is 12.5. The summed E-state index contributed by atoms with van der Waals surface area (Å²) >= 11 is 3.46. The van der Waals surface area contributed by atoms with E-state index in [0.29, 0.717) is 0 Å². The van der Waals surface area contributed by atoms with Crippen molar-refractivity contribution in [1.29, 1.82) is 0 Å². The molecule has 0 aliphatic rings. The maximum atomic E-state index is 8.65. The van der Waals surface area contributed by atoms with Crippen molar-refractivity contribution in [3.05, 3.63) is 28.2 Å². The fraction of sp³-hybridized carbons (Fsp3) is 0.538. The smallest absolute Gasteiger partial charge is 0.122 e. The number of methoxy groups -OCH3 is 1. The molecule has 0 fully saturated rings. The zero-order valence-corrected chi connectivity index (χ0v) is 11.8. The minimum atomic E-state index is 0.279. The Labute approximate surface area is 111 Å². The third-order valence-electron chi connectivity index (χ3n) is 2.58. The minimum absolute atomic E-state index is 0.279. The molecule has 96 valence electrons. The lowest BCUT2D eigenvalue weighted by molar-refractivity contribution is 0.284. The van der Waals surface area contributed by atoms with Gasteiger partial charge in [0.25, 0.3) is 0 Å². The highest BCUT2D eigenvalue weighted by atomic mass is 79.9. The number of unbranched alkanes of at least 4 members (excludes halogenated alkanes) is 1. The van der Waals surface area contributed by atoms with Crippen molar-refractivity contribution < 1.29 is 9.84 Å². The molecule has 17 heavy (non-hydrogen) atoms. The molecule has 0 aliphatic heterocycles. The van der Waals surface area contributed by atoms with Crippen LogP contribution in [0.4, 0.5) is 0 Å². The van der Waals surface area contributed by atoms with Gasteiger partial charge in [-0.3, -0.25) is 0 Å². The number of aliphatic hydroxyl groups is 1. The zero-order valence-electron chi connectivity index (χ0n) is 10.2. The number of nitrogens with one attached hydrogen (secondary N) is 1. The molecule has 0 aromatic heterocycles. The van der Waals surface area contributed by atoms with Gasteiger partial charge in [-0.25, -0.2) is 0 Å². The van der Waals surface area contributed by atoms with Crippen LogP contribution in [0.5, 0.6) is 5.75 Å². The summed E-state index contributed by atoms with van der Waals surface area (Å²) in [4.78, 5) is 0. The van der Waals surface area contributed by atoms with E-state index in [1.54, 1.807) is 7.11 Å². The summed E-state index contributed by atoms with van der Waals surface area (Å²) in [5.74, 6) is 0.936. The Morgan fingerprint density at radius 3 is 2.82 bits per heavy atom. The van der Waals surface area contributed by atoms with E-state index in [0.717, 1.165) is 42.6 Å². The molecular formula is C13H20BrNO2. The Morgan fingerprint density at radius 2 is 2.12 bits per heavy atom. The van der Waals surface area contributed by atoms with Crippen molar-refractivity contribution in [3.8, 4) is 5.75 Å². The predicted molar refractivity (Wildman–Crippen MR) is 73.6 cm³/mol. The van der Waals surface area contributed by atoms with Crippen molar-refractivity contribution in [2.75, 3.05) is 26.8 Å². The number of hydrogen-bond acceptors (Lipinski definition) is 3. The molecule has 1 aromatic rings. The van der Waals surface area contributed by atoms with Crippen LogP contribution in [0.15, 0.2) is 22.7 Å². The summed E-state index contributed by atoms with van der Waals surface area (Å²) in [7, 11) is 1.70. The SMILES string of the molecule is COc1ccc(Br)cc1CCNCCCCO. The first-order valence-corrected chi connectivity index (χ1v) is 6.71. The van der Waals surface area contributed by atoms with Gasteiger partial charge in [0.2, 0.25) is 0 Å². The molecule has 0 bridgehead atoms. The quantitative estimate of drug-likeness (QED) is 0.724. The van der Waals surface area contributed by atoms with E-state index in [4.69, 9.17) is 9.84 Å². The van der Waals surface area contributed by atoms with Crippen molar-refractivity contribution >= 4 is 15.9 Å². The molecule has 0 saturated carbocycles. The molecule has 4 heteroatoms. The van der Waals surface area contributed by atoms with E-state index >= 15 is 0 Å². The molecule has 0 unspecified atom stereocenters. The van der Waals surface area contributed by atoms with Crippen molar-refractivity contribution in [1.82, 2.24) is 5.32 Å². The molecule has 0 saturated heterocycles. The van der Waals surface area contributed by atoms with Gasteiger partial charge in [0.1, 0.15) is 5.75 Å². The minimum Gasteiger partial charge on any atom is -0.496 e. The fourth-order valence-electron chi connectivity index (χ4n) is 1.65. The van der Waals surface area contributed by atoms with E-state index in [9.17, 15) is 0 Å². The van der Waals surface area contributed by atoms with Crippen LogP contribution in [0.2, 0.25) is 0 Å². The lowest BCUT2D eigenvalue weighted by Crippen LogP contribution is -2.19. The lowest BCUT2D eigenvalue weighted by Gasteiger charge is -2.09. The second-order valence-corrected chi connectivity index (χ2v) is 4.80. The standard InChI is InChI=1S/C13H20BrNO2/c1-17-13-5-4-12(14)10-11(13)6-8-15-7-2-3-9-16/h4-5,10,15-16H,2-3,6-9H2,1H3. The number of rotatable bonds is 8.